The fourth-order valence-corrected chi connectivity index (χ4v) is 3.10. The number of hydrogen-bond acceptors (Lipinski definition) is 5. The topological polar surface area (TPSA) is 85.8 Å². The van der Waals surface area contributed by atoms with Crippen molar-refractivity contribution in [3.63, 3.8) is 0 Å². The summed E-state index contributed by atoms with van der Waals surface area (Å²) in [5.74, 6) is 0.615. The van der Waals surface area contributed by atoms with Gasteiger partial charge in [-0.25, -0.2) is 0 Å². The van der Waals surface area contributed by atoms with E-state index in [0.717, 1.165) is 5.56 Å². The van der Waals surface area contributed by atoms with Gasteiger partial charge in [0, 0.05) is 17.3 Å². The molecule has 0 fully saturated rings. The zero-order chi connectivity index (χ0) is 21.8. The number of anilines is 1. The highest BCUT2D eigenvalue weighted by Crippen LogP contribution is 2.25. The quantitative estimate of drug-likeness (QED) is 0.472. The molecular formula is C24H23N5O2. The van der Waals surface area contributed by atoms with Crippen molar-refractivity contribution in [2.75, 3.05) is 5.32 Å². The van der Waals surface area contributed by atoms with Crippen LogP contribution in [-0.2, 0) is 10.2 Å². The first-order valence-corrected chi connectivity index (χ1v) is 9.93. The Morgan fingerprint density at radius 2 is 1.74 bits per heavy atom. The molecule has 7 heteroatoms. The molecule has 0 unspecified atom stereocenters. The molecular weight excluding hydrogens is 390 g/mol. The van der Waals surface area contributed by atoms with Crippen molar-refractivity contribution in [2.45, 2.75) is 26.2 Å². The normalized spacial score (nSPS) is 12.0. The van der Waals surface area contributed by atoms with Gasteiger partial charge in [-0.05, 0) is 45.7 Å². The van der Waals surface area contributed by atoms with Crippen molar-refractivity contribution in [1.29, 1.82) is 0 Å². The standard InChI is InChI=1S/C24H23N5O2/c1-24(2,3)18-11-13-19(14-12-18)25-23(30)21(16-20-10-7-15-31-20)29-22(26-27-28-29)17-8-5-4-6-9-17/h4-16H,1-3H3,(H,25,30). The molecule has 0 atom stereocenters. The van der Waals surface area contributed by atoms with Crippen LogP contribution in [0.5, 0.6) is 0 Å². The van der Waals surface area contributed by atoms with Crippen molar-refractivity contribution in [2.24, 2.45) is 0 Å². The number of tetrazole rings is 1. The molecule has 0 aliphatic heterocycles. The summed E-state index contributed by atoms with van der Waals surface area (Å²) >= 11 is 0. The lowest BCUT2D eigenvalue weighted by Gasteiger charge is -2.19. The number of rotatable bonds is 5. The molecule has 1 N–H and O–H groups in total. The number of furan rings is 1. The Bertz CT molecular complexity index is 1190. The molecule has 156 valence electrons. The number of carbonyl (C=O) groups excluding carboxylic acids is 1. The average Bonchev–Trinajstić information content (AvgIpc) is 3.44. The van der Waals surface area contributed by atoms with Crippen LogP contribution in [0.25, 0.3) is 23.2 Å². The van der Waals surface area contributed by atoms with Crippen LogP contribution < -0.4 is 5.32 Å². The van der Waals surface area contributed by atoms with E-state index in [0.29, 0.717) is 17.3 Å². The number of carbonyl (C=O) groups is 1. The Labute approximate surface area is 180 Å². The SMILES string of the molecule is CC(C)(C)c1ccc(NC(=O)C(=Cc2ccco2)n2nnnc2-c2ccccc2)cc1. The van der Waals surface area contributed by atoms with Crippen LogP contribution >= 0.6 is 0 Å². The molecule has 0 spiro atoms. The minimum absolute atomic E-state index is 0.0316. The van der Waals surface area contributed by atoms with E-state index >= 15 is 0 Å². The van der Waals surface area contributed by atoms with Crippen LogP contribution in [0.4, 0.5) is 5.69 Å². The van der Waals surface area contributed by atoms with Gasteiger partial charge in [0.05, 0.1) is 6.26 Å². The maximum atomic E-state index is 13.3. The van der Waals surface area contributed by atoms with Crippen LogP contribution in [0.2, 0.25) is 0 Å². The Morgan fingerprint density at radius 1 is 1.00 bits per heavy atom. The maximum Gasteiger partial charge on any atom is 0.274 e. The fourth-order valence-electron chi connectivity index (χ4n) is 3.10. The van der Waals surface area contributed by atoms with Crippen LogP contribution in [0, 0.1) is 0 Å². The van der Waals surface area contributed by atoms with Crippen molar-refractivity contribution in [1.82, 2.24) is 20.2 Å². The third-order valence-electron chi connectivity index (χ3n) is 4.79. The largest absolute Gasteiger partial charge is 0.465 e. The predicted molar refractivity (Wildman–Crippen MR) is 120 cm³/mol. The van der Waals surface area contributed by atoms with Gasteiger partial charge >= 0.3 is 0 Å². The molecule has 7 nitrogen and oxygen atoms in total. The van der Waals surface area contributed by atoms with Gasteiger partial charge in [0.1, 0.15) is 11.5 Å². The molecule has 0 aliphatic rings. The van der Waals surface area contributed by atoms with Crippen LogP contribution in [0.3, 0.4) is 0 Å². The third-order valence-corrected chi connectivity index (χ3v) is 4.79. The summed E-state index contributed by atoms with van der Waals surface area (Å²) in [7, 11) is 0. The van der Waals surface area contributed by atoms with E-state index in [1.54, 1.807) is 24.5 Å². The zero-order valence-electron chi connectivity index (χ0n) is 17.6. The second-order valence-corrected chi connectivity index (χ2v) is 8.11. The Morgan fingerprint density at radius 3 is 2.39 bits per heavy atom. The van der Waals surface area contributed by atoms with Gasteiger partial charge in [0.25, 0.3) is 5.91 Å². The van der Waals surface area contributed by atoms with E-state index < -0.39 is 0 Å². The van der Waals surface area contributed by atoms with E-state index in [4.69, 9.17) is 4.42 Å². The maximum absolute atomic E-state index is 13.3. The molecule has 1 amide bonds. The number of amides is 1. The number of benzene rings is 2. The molecule has 4 rings (SSSR count). The van der Waals surface area contributed by atoms with Crippen LogP contribution in [0.15, 0.2) is 77.4 Å². The lowest BCUT2D eigenvalue weighted by atomic mass is 9.87. The van der Waals surface area contributed by atoms with Crippen molar-refractivity contribution in [3.8, 4) is 11.4 Å². The second-order valence-electron chi connectivity index (χ2n) is 8.11. The van der Waals surface area contributed by atoms with Crippen LogP contribution in [0.1, 0.15) is 32.1 Å². The summed E-state index contributed by atoms with van der Waals surface area (Å²) in [5, 5.41) is 14.9. The molecule has 2 heterocycles. The van der Waals surface area contributed by atoms with Gasteiger partial charge in [-0.1, -0.05) is 63.2 Å². The highest BCUT2D eigenvalue weighted by molar-refractivity contribution is 6.24. The number of aromatic nitrogens is 4. The lowest BCUT2D eigenvalue weighted by Crippen LogP contribution is -2.19. The van der Waals surface area contributed by atoms with E-state index in [2.05, 4.69) is 41.6 Å². The molecule has 0 saturated heterocycles. The van der Waals surface area contributed by atoms with Gasteiger partial charge in [-0.3, -0.25) is 4.79 Å². The second kappa shape index (κ2) is 8.39. The van der Waals surface area contributed by atoms with Crippen molar-refractivity contribution >= 4 is 23.4 Å². The van der Waals surface area contributed by atoms with E-state index in [1.807, 2.05) is 54.6 Å². The lowest BCUT2D eigenvalue weighted by molar-refractivity contribution is -0.111. The monoisotopic (exact) mass is 413 g/mol. The van der Waals surface area contributed by atoms with E-state index in [-0.39, 0.29) is 17.0 Å². The van der Waals surface area contributed by atoms with Gasteiger partial charge in [0.15, 0.2) is 5.82 Å². The molecule has 0 radical (unpaired) electrons. The van der Waals surface area contributed by atoms with Crippen molar-refractivity contribution < 1.29 is 9.21 Å². The zero-order valence-corrected chi connectivity index (χ0v) is 17.6. The van der Waals surface area contributed by atoms with Gasteiger partial charge in [-0.2, -0.15) is 4.68 Å². The minimum Gasteiger partial charge on any atom is -0.465 e. The van der Waals surface area contributed by atoms with E-state index in [1.165, 1.54) is 10.2 Å². The third kappa shape index (κ3) is 4.61. The van der Waals surface area contributed by atoms with E-state index in [9.17, 15) is 4.79 Å². The first kappa shape index (κ1) is 20.3. The molecule has 2 aromatic heterocycles. The fraction of sp³-hybridized carbons (Fsp3) is 0.167. The molecule has 4 aromatic rings. The summed E-state index contributed by atoms with van der Waals surface area (Å²) in [5.41, 5.74) is 2.92. The number of nitrogens with one attached hydrogen (secondary N) is 1. The summed E-state index contributed by atoms with van der Waals surface area (Å²) in [6, 6.07) is 20.8. The molecule has 31 heavy (non-hydrogen) atoms. The summed E-state index contributed by atoms with van der Waals surface area (Å²) in [6.07, 6.45) is 3.16. The Hall–Kier alpha value is -4.00. The smallest absolute Gasteiger partial charge is 0.274 e. The summed E-state index contributed by atoms with van der Waals surface area (Å²) in [4.78, 5) is 13.3. The molecule has 0 aliphatic carbocycles. The summed E-state index contributed by atoms with van der Waals surface area (Å²) in [6.45, 7) is 6.44. The van der Waals surface area contributed by atoms with Crippen molar-refractivity contribution in [3.05, 3.63) is 84.3 Å². The first-order valence-electron chi connectivity index (χ1n) is 9.93. The first-order chi connectivity index (χ1) is 14.9. The molecule has 2 aromatic carbocycles. The highest BCUT2D eigenvalue weighted by Gasteiger charge is 2.20. The Kier molecular flexibility index (Phi) is 5.49. The minimum atomic E-state index is -0.357. The average molecular weight is 413 g/mol. The van der Waals surface area contributed by atoms with Gasteiger partial charge < -0.3 is 9.73 Å². The molecule has 0 bridgehead atoms. The predicted octanol–water partition coefficient (Wildman–Crippen LogP) is 4.87. The van der Waals surface area contributed by atoms with Gasteiger partial charge in [0.2, 0.25) is 0 Å². The number of nitrogens with zero attached hydrogens (tertiary/aromatic N) is 4. The van der Waals surface area contributed by atoms with Gasteiger partial charge in [-0.15, -0.1) is 5.10 Å². The highest BCUT2D eigenvalue weighted by atomic mass is 16.3. The number of hydrogen-bond donors (Lipinski definition) is 1. The van der Waals surface area contributed by atoms with Crippen LogP contribution in [-0.4, -0.2) is 26.1 Å². The Balaban J connectivity index is 1.69. The summed E-state index contributed by atoms with van der Waals surface area (Å²) < 4.78 is 6.84. The molecule has 0 saturated carbocycles.